The number of hydrogen-bond donors (Lipinski definition) is 3. The largest absolute Gasteiger partial charge is 0.363 e. The summed E-state index contributed by atoms with van der Waals surface area (Å²) >= 11 is 0. The third kappa shape index (κ3) is 2.66. The summed E-state index contributed by atoms with van der Waals surface area (Å²) in [7, 11) is 0. The van der Waals surface area contributed by atoms with Gasteiger partial charge in [-0.2, -0.15) is 0 Å². The summed E-state index contributed by atoms with van der Waals surface area (Å²) in [6.07, 6.45) is 2.52. The van der Waals surface area contributed by atoms with Gasteiger partial charge in [-0.15, -0.1) is 0 Å². The molecule has 0 radical (unpaired) electrons. The van der Waals surface area contributed by atoms with Gasteiger partial charge in [-0.1, -0.05) is 5.16 Å². The maximum atomic E-state index is 12.0. The Morgan fingerprint density at radius 1 is 1.47 bits per heavy atom. The number of hydrogen-bond acceptors (Lipinski definition) is 7. The number of nitro groups is 1. The molecule has 1 aromatic carbocycles. The van der Waals surface area contributed by atoms with Crippen molar-refractivity contribution in [2.75, 3.05) is 10.7 Å². The molecule has 9 heteroatoms. The number of nitro benzene ring substituents is 1. The van der Waals surface area contributed by atoms with Gasteiger partial charge < -0.3 is 15.3 Å². The molecular formula is C10H9N5O4. The van der Waals surface area contributed by atoms with Gasteiger partial charge in [0, 0.05) is 12.1 Å². The van der Waals surface area contributed by atoms with E-state index in [0.29, 0.717) is 5.69 Å². The van der Waals surface area contributed by atoms with Crippen molar-refractivity contribution in [1.29, 1.82) is 0 Å². The first-order chi connectivity index (χ1) is 9.11. The summed E-state index contributed by atoms with van der Waals surface area (Å²) in [5.74, 6) is 4.69. The van der Waals surface area contributed by atoms with E-state index < -0.39 is 10.8 Å². The molecule has 0 saturated carbocycles. The van der Waals surface area contributed by atoms with Crippen molar-refractivity contribution in [3.05, 3.63) is 46.3 Å². The van der Waals surface area contributed by atoms with Crippen LogP contribution in [0.5, 0.6) is 0 Å². The van der Waals surface area contributed by atoms with Crippen LogP contribution in [0.2, 0.25) is 0 Å². The number of benzene rings is 1. The summed E-state index contributed by atoms with van der Waals surface area (Å²) in [6.45, 7) is 0. The molecule has 0 bridgehead atoms. The van der Waals surface area contributed by atoms with Gasteiger partial charge in [-0.3, -0.25) is 20.8 Å². The van der Waals surface area contributed by atoms with Gasteiger partial charge in [0.15, 0.2) is 0 Å². The van der Waals surface area contributed by atoms with Crippen LogP contribution in [0.1, 0.15) is 10.4 Å². The number of nitrogen functional groups attached to an aromatic ring is 1. The number of amides is 1. The van der Waals surface area contributed by atoms with E-state index in [-0.39, 0.29) is 16.9 Å². The average molecular weight is 263 g/mol. The number of nitrogens with two attached hydrogens (primary N) is 1. The quantitative estimate of drug-likeness (QED) is 0.427. The Morgan fingerprint density at radius 3 is 2.84 bits per heavy atom. The van der Waals surface area contributed by atoms with E-state index in [1.54, 1.807) is 0 Å². The predicted molar refractivity (Wildman–Crippen MR) is 65.4 cm³/mol. The number of rotatable bonds is 4. The second-order valence-electron chi connectivity index (χ2n) is 3.50. The van der Waals surface area contributed by atoms with Crippen molar-refractivity contribution < 1.29 is 14.2 Å². The Kier molecular flexibility index (Phi) is 3.39. The molecule has 1 aromatic heterocycles. The lowest BCUT2D eigenvalue weighted by Gasteiger charge is -2.08. The summed E-state index contributed by atoms with van der Waals surface area (Å²) in [5, 5.41) is 16.6. The molecule has 0 spiro atoms. The van der Waals surface area contributed by atoms with E-state index in [4.69, 9.17) is 5.84 Å². The maximum Gasteiger partial charge on any atom is 0.270 e. The molecule has 0 saturated heterocycles. The fraction of sp³-hybridized carbons (Fsp3) is 0. The molecule has 1 heterocycles. The van der Waals surface area contributed by atoms with Crippen molar-refractivity contribution in [1.82, 2.24) is 5.16 Å². The Hall–Kier alpha value is -2.94. The first-order valence-corrected chi connectivity index (χ1v) is 5.07. The van der Waals surface area contributed by atoms with Crippen LogP contribution < -0.4 is 16.6 Å². The van der Waals surface area contributed by atoms with Crippen molar-refractivity contribution in [2.45, 2.75) is 0 Å². The van der Waals surface area contributed by atoms with E-state index in [2.05, 4.69) is 20.4 Å². The Labute approximate surface area is 106 Å². The van der Waals surface area contributed by atoms with Gasteiger partial charge in [0.25, 0.3) is 11.6 Å². The van der Waals surface area contributed by atoms with E-state index in [9.17, 15) is 14.9 Å². The monoisotopic (exact) mass is 263 g/mol. The molecule has 1 amide bonds. The number of hydrazine groups is 1. The zero-order valence-corrected chi connectivity index (χ0v) is 9.49. The van der Waals surface area contributed by atoms with Crippen molar-refractivity contribution in [3.63, 3.8) is 0 Å². The molecule has 0 fully saturated rings. The fourth-order valence-electron chi connectivity index (χ4n) is 1.42. The van der Waals surface area contributed by atoms with Crippen LogP contribution in [0, 0.1) is 10.1 Å². The predicted octanol–water partition coefficient (Wildman–Crippen LogP) is 1.12. The highest BCUT2D eigenvalue weighted by molar-refractivity contribution is 6.08. The smallest absolute Gasteiger partial charge is 0.270 e. The SMILES string of the molecule is NNc1ccc([N+](=O)[O-])cc1C(=O)Nc1cnoc1. The molecule has 0 aliphatic carbocycles. The molecule has 2 rings (SSSR count). The summed E-state index contributed by atoms with van der Waals surface area (Å²) in [4.78, 5) is 22.1. The second-order valence-corrected chi connectivity index (χ2v) is 3.50. The minimum absolute atomic E-state index is 0.0397. The van der Waals surface area contributed by atoms with Crippen LogP contribution >= 0.6 is 0 Å². The summed E-state index contributed by atoms with van der Waals surface area (Å²) < 4.78 is 4.56. The van der Waals surface area contributed by atoms with Crippen LogP contribution in [0.3, 0.4) is 0 Å². The summed E-state index contributed by atoms with van der Waals surface area (Å²) in [5.41, 5.74) is 2.72. The Morgan fingerprint density at radius 2 is 2.26 bits per heavy atom. The number of aromatic nitrogens is 1. The lowest BCUT2D eigenvalue weighted by molar-refractivity contribution is -0.384. The van der Waals surface area contributed by atoms with E-state index >= 15 is 0 Å². The number of nitrogens with one attached hydrogen (secondary N) is 2. The van der Waals surface area contributed by atoms with Crippen molar-refractivity contribution in [3.8, 4) is 0 Å². The lowest BCUT2D eigenvalue weighted by atomic mass is 10.1. The van der Waals surface area contributed by atoms with E-state index in [0.717, 1.165) is 6.07 Å². The molecule has 0 atom stereocenters. The van der Waals surface area contributed by atoms with Gasteiger partial charge >= 0.3 is 0 Å². The first-order valence-electron chi connectivity index (χ1n) is 5.07. The third-order valence-corrected chi connectivity index (χ3v) is 2.30. The minimum Gasteiger partial charge on any atom is -0.363 e. The number of carbonyl (C=O) groups is 1. The Bertz CT molecular complexity index is 610. The maximum absolute atomic E-state index is 12.0. The fourth-order valence-corrected chi connectivity index (χ4v) is 1.42. The van der Waals surface area contributed by atoms with Gasteiger partial charge in [0.1, 0.15) is 12.0 Å². The van der Waals surface area contributed by atoms with E-state index in [1.807, 2.05) is 0 Å². The topological polar surface area (TPSA) is 136 Å². The highest BCUT2D eigenvalue weighted by Gasteiger charge is 2.17. The van der Waals surface area contributed by atoms with Crippen molar-refractivity contribution in [2.24, 2.45) is 5.84 Å². The van der Waals surface area contributed by atoms with Gasteiger partial charge in [0.2, 0.25) is 0 Å². The normalized spacial score (nSPS) is 9.95. The average Bonchev–Trinajstić information content (AvgIpc) is 2.90. The highest BCUT2D eigenvalue weighted by atomic mass is 16.6. The zero-order chi connectivity index (χ0) is 13.8. The molecule has 0 aliphatic rings. The number of anilines is 2. The van der Waals surface area contributed by atoms with Crippen LogP contribution in [0.25, 0.3) is 0 Å². The molecule has 9 nitrogen and oxygen atoms in total. The molecule has 0 unspecified atom stereocenters. The summed E-state index contributed by atoms with van der Waals surface area (Å²) in [6, 6.07) is 3.71. The van der Waals surface area contributed by atoms with Crippen LogP contribution in [0.4, 0.5) is 17.1 Å². The highest BCUT2D eigenvalue weighted by Crippen LogP contribution is 2.22. The second kappa shape index (κ2) is 5.14. The number of carbonyl (C=O) groups excluding carboxylic acids is 1. The first kappa shape index (κ1) is 12.5. The third-order valence-electron chi connectivity index (χ3n) is 2.30. The van der Waals surface area contributed by atoms with Gasteiger partial charge in [-0.25, -0.2) is 0 Å². The number of nitrogens with zero attached hydrogens (tertiary/aromatic N) is 2. The Balaban J connectivity index is 2.33. The molecular weight excluding hydrogens is 254 g/mol. The molecule has 4 N–H and O–H groups in total. The van der Waals surface area contributed by atoms with Gasteiger partial charge in [-0.05, 0) is 6.07 Å². The molecule has 19 heavy (non-hydrogen) atoms. The lowest BCUT2D eigenvalue weighted by Crippen LogP contribution is -2.17. The number of non-ortho nitro benzene ring substituents is 1. The molecule has 98 valence electrons. The van der Waals surface area contributed by atoms with Crippen LogP contribution in [0.15, 0.2) is 35.2 Å². The molecule has 2 aromatic rings. The minimum atomic E-state index is -0.601. The molecule has 0 aliphatic heterocycles. The van der Waals surface area contributed by atoms with Crippen LogP contribution in [-0.4, -0.2) is 16.0 Å². The van der Waals surface area contributed by atoms with Crippen molar-refractivity contribution >= 4 is 23.0 Å². The van der Waals surface area contributed by atoms with E-state index in [1.165, 1.54) is 24.6 Å². The van der Waals surface area contributed by atoms with Crippen LogP contribution in [-0.2, 0) is 0 Å². The standard InChI is InChI=1S/C10H9N5O4/c11-14-9-2-1-7(15(17)18)3-8(9)10(16)13-6-4-12-19-5-6/h1-5,14H,11H2,(H,13,16). The van der Waals surface area contributed by atoms with Gasteiger partial charge in [0.05, 0.1) is 22.4 Å². The zero-order valence-electron chi connectivity index (χ0n) is 9.49.